The maximum absolute atomic E-state index is 12.1. The van der Waals surface area contributed by atoms with Crippen molar-refractivity contribution in [3.63, 3.8) is 0 Å². The number of nitrogens with one attached hydrogen (secondary N) is 2. The lowest BCUT2D eigenvalue weighted by atomic mass is 10.1. The lowest BCUT2D eigenvalue weighted by Crippen LogP contribution is -2.30. The van der Waals surface area contributed by atoms with Crippen molar-refractivity contribution < 1.29 is 19.1 Å². The van der Waals surface area contributed by atoms with Gasteiger partial charge in [-0.25, -0.2) is 9.78 Å². The number of rotatable bonds is 6. The van der Waals surface area contributed by atoms with Crippen molar-refractivity contribution in [1.82, 2.24) is 4.98 Å². The molecule has 1 aromatic carbocycles. The van der Waals surface area contributed by atoms with Crippen LogP contribution in [0.15, 0.2) is 42.6 Å². The first-order valence-corrected chi connectivity index (χ1v) is 8.32. The monoisotopic (exact) mass is 355 g/mol. The fraction of sp³-hybridized carbons (Fsp3) is 0.263. The molecule has 0 aliphatic heterocycles. The number of aromatic nitrogens is 1. The number of pyridine rings is 1. The number of ether oxygens (including phenoxy) is 1. The first-order chi connectivity index (χ1) is 12.5. The van der Waals surface area contributed by atoms with E-state index in [0.717, 1.165) is 18.4 Å². The zero-order valence-electron chi connectivity index (χ0n) is 14.7. The van der Waals surface area contributed by atoms with Gasteiger partial charge in [0.2, 0.25) is 0 Å². The zero-order chi connectivity index (χ0) is 18.9. The fourth-order valence-electron chi connectivity index (χ4n) is 2.05. The van der Waals surface area contributed by atoms with Gasteiger partial charge >= 0.3 is 17.8 Å². The van der Waals surface area contributed by atoms with Gasteiger partial charge in [0, 0.05) is 6.20 Å². The largest absolute Gasteiger partial charge is 0.462 e. The quantitative estimate of drug-likeness (QED) is 0.472. The van der Waals surface area contributed by atoms with Gasteiger partial charge in [-0.1, -0.05) is 31.5 Å². The van der Waals surface area contributed by atoms with Gasteiger partial charge in [0.05, 0.1) is 17.9 Å². The third-order valence-electron chi connectivity index (χ3n) is 3.49. The number of carbonyl (C=O) groups excluding carboxylic acids is 3. The minimum atomic E-state index is -0.902. The summed E-state index contributed by atoms with van der Waals surface area (Å²) in [6.07, 6.45) is 3.24. The predicted molar refractivity (Wildman–Crippen MR) is 97.9 cm³/mol. The molecule has 0 unspecified atom stereocenters. The van der Waals surface area contributed by atoms with E-state index in [1.54, 1.807) is 30.5 Å². The highest BCUT2D eigenvalue weighted by atomic mass is 16.5. The van der Waals surface area contributed by atoms with Crippen LogP contribution in [0.4, 0.5) is 11.5 Å². The number of anilines is 2. The van der Waals surface area contributed by atoms with E-state index >= 15 is 0 Å². The zero-order valence-corrected chi connectivity index (χ0v) is 14.7. The van der Waals surface area contributed by atoms with E-state index in [1.165, 1.54) is 12.1 Å². The van der Waals surface area contributed by atoms with Crippen LogP contribution >= 0.6 is 0 Å². The molecular weight excluding hydrogens is 334 g/mol. The third-order valence-corrected chi connectivity index (χ3v) is 3.49. The topological polar surface area (TPSA) is 97.4 Å². The lowest BCUT2D eigenvalue weighted by Gasteiger charge is -2.11. The number of para-hydroxylation sites is 1. The highest BCUT2D eigenvalue weighted by molar-refractivity contribution is 6.43. The summed E-state index contributed by atoms with van der Waals surface area (Å²) in [4.78, 5) is 40.3. The number of benzene rings is 1. The van der Waals surface area contributed by atoms with Crippen molar-refractivity contribution in [2.75, 3.05) is 17.2 Å². The van der Waals surface area contributed by atoms with Crippen molar-refractivity contribution in [1.29, 1.82) is 0 Å². The molecule has 0 bridgehead atoms. The molecule has 1 aromatic heterocycles. The molecule has 2 rings (SSSR count). The third kappa shape index (κ3) is 5.41. The molecule has 0 saturated carbocycles. The molecule has 0 aliphatic rings. The summed E-state index contributed by atoms with van der Waals surface area (Å²) in [6, 6.07) is 9.73. The Morgan fingerprint density at radius 3 is 2.46 bits per heavy atom. The van der Waals surface area contributed by atoms with Crippen molar-refractivity contribution in [2.45, 2.75) is 26.7 Å². The Labute approximate surface area is 151 Å². The highest BCUT2D eigenvalue weighted by Crippen LogP contribution is 2.16. The van der Waals surface area contributed by atoms with E-state index < -0.39 is 17.8 Å². The Bertz CT molecular complexity index is 788. The molecule has 7 heteroatoms. The molecule has 136 valence electrons. The lowest BCUT2D eigenvalue weighted by molar-refractivity contribution is -0.133. The van der Waals surface area contributed by atoms with E-state index in [9.17, 15) is 14.4 Å². The van der Waals surface area contributed by atoms with Crippen molar-refractivity contribution in [3.8, 4) is 0 Å². The number of hydrogen-bond donors (Lipinski definition) is 2. The summed E-state index contributed by atoms with van der Waals surface area (Å²) in [5.41, 5.74) is 1.34. The van der Waals surface area contributed by atoms with Crippen LogP contribution in [0, 0.1) is 6.92 Å². The van der Waals surface area contributed by atoms with Gasteiger partial charge < -0.3 is 15.4 Å². The number of unbranched alkanes of at least 4 members (excludes halogenated alkanes) is 1. The minimum Gasteiger partial charge on any atom is -0.462 e. The molecule has 2 amide bonds. The average Bonchev–Trinajstić information content (AvgIpc) is 2.64. The summed E-state index contributed by atoms with van der Waals surface area (Å²) in [5.74, 6) is -2.06. The van der Waals surface area contributed by atoms with Gasteiger partial charge in [-0.2, -0.15) is 0 Å². The van der Waals surface area contributed by atoms with Gasteiger partial charge in [-0.3, -0.25) is 9.59 Å². The number of nitrogens with zero attached hydrogens (tertiary/aromatic N) is 1. The maximum Gasteiger partial charge on any atom is 0.340 e. The van der Waals surface area contributed by atoms with E-state index in [4.69, 9.17) is 4.74 Å². The minimum absolute atomic E-state index is 0.193. The summed E-state index contributed by atoms with van der Waals surface area (Å²) >= 11 is 0. The van der Waals surface area contributed by atoms with Crippen LogP contribution in [0.3, 0.4) is 0 Å². The molecule has 0 fully saturated rings. The maximum atomic E-state index is 12.1. The van der Waals surface area contributed by atoms with Gasteiger partial charge in [0.15, 0.2) is 0 Å². The average molecular weight is 355 g/mol. The SMILES string of the molecule is CCCCOC(=O)c1ccccc1NC(=O)C(=O)Nc1ccc(C)cn1. The van der Waals surface area contributed by atoms with Crippen LogP contribution in [0.1, 0.15) is 35.7 Å². The van der Waals surface area contributed by atoms with Gasteiger partial charge in [0.1, 0.15) is 5.82 Å². The van der Waals surface area contributed by atoms with E-state index in [1.807, 2.05) is 13.8 Å². The Hall–Kier alpha value is -3.22. The van der Waals surface area contributed by atoms with Crippen molar-refractivity contribution >= 4 is 29.3 Å². The highest BCUT2D eigenvalue weighted by Gasteiger charge is 2.19. The predicted octanol–water partition coefficient (Wildman–Crippen LogP) is 2.92. The van der Waals surface area contributed by atoms with E-state index in [2.05, 4.69) is 15.6 Å². The summed E-state index contributed by atoms with van der Waals surface area (Å²) < 4.78 is 5.16. The summed E-state index contributed by atoms with van der Waals surface area (Å²) in [5, 5.41) is 4.84. The number of carbonyl (C=O) groups is 3. The first kappa shape index (κ1) is 19.1. The van der Waals surface area contributed by atoms with Crippen molar-refractivity contribution in [3.05, 3.63) is 53.7 Å². The Morgan fingerprint density at radius 1 is 1.04 bits per heavy atom. The summed E-state index contributed by atoms with van der Waals surface area (Å²) in [6.45, 7) is 4.16. The summed E-state index contributed by atoms with van der Waals surface area (Å²) in [7, 11) is 0. The molecule has 26 heavy (non-hydrogen) atoms. The Balaban J connectivity index is 2.02. The normalized spacial score (nSPS) is 10.1. The second-order valence-corrected chi connectivity index (χ2v) is 5.66. The Morgan fingerprint density at radius 2 is 1.77 bits per heavy atom. The van der Waals surface area contributed by atoms with Gasteiger partial charge in [0.25, 0.3) is 0 Å². The van der Waals surface area contributed by atoms with Crippen LogP contribution in [-0.4, -0.2) is 29.4 Å². The molecular formula is C19H21N3O4. The van der Waals surface area contributed by atoms with Crippen LogP contribution in [0.5, 0.6) is 0 Å². The van der Waals surface area contributed by atoms with Crippen LogP contribution in [-0.2, 0) is 14.3 Å². The molecule has 0 spiro atoms. The smallest absolute Gasteiger partial charge is 0.340 e. The second-order valence-electron chi connectivity index (χ2n) is 5.66. The standard InChI is InChI=1S/C19H21N3O4/c1-3-4-11-26-19(25)14-7-5-6-8-15(14)21-17(23)18(24)22-16-10-9-13(2)12-20-16/h5-10,12H,3-4,11H2,1-2H3,(H,21,23)(H,20,22,24). The van der Waals surface area contributed by atoms with E-state index in [0.29, 0.717) is 6.61 Å². The number of hydrogen-bond acceptors (Lipinski definition) is 5. The number of esters is 1. The molecule has 0 saturated heterocycles. The molecule has 0 atom stereocenters. The molecule has 0 aliphatic carbocycles. The van der Waals surface area contributed by atoms with Crippen LogP contribution in [0.25, 0.3) is 0 Å². The van der Waals surface area contributed by atoms with Crippen molar-refractivity contribution in [2.24, 2.45) is 0 Å². The first-order valence-electron chi connectivity index (χ1n) is 8.32. The van der Waals surface area contributed by atoms with Crippen LogP contribution in [0.2, 0.25) is 0 Å². The molecule has 2 aromatic rings. The molecule has 0 radical (unpaired) electrons. The molecule has 2 N–H and O–H groups in total. The van der Waals surface area contributed by atoms with E-state index in [-0.39, 0.29) is 17.1 Å². The number of aryl methyl sites for hydroxylation is 1. The Kier molecular flexibility index (Phi) is 6.84. The molecule has 1 heterocycles. The fourth-order valence-corrected chi connectivity index (χ4v) is 2.05. The molecule has 7 nitrogen and oxygen atoms in total. The second kappa shape index (κ2) is 9.31. The van der Waals surface area contributed by atoms with Crippen LogP contribution < -0.4 is 10.6 Å². The van der Waals surface area contributed by atoms with Gasteiger partial charge in [-0.05, 0) is 37.1 Å². The van der Waals surface area contributed by atoms with Gasteiger partial charge in [-0.15, -0.1) is 0 Å². The number of amides is 2.